The SMILES string of the molecule is CCOC(=O)CCC(O)(CC)c1ccc(C)cc1. The zero-order valence-electron chi connectivity index (χ0n) is 11.4. The van der Waals surface area contributed by atoms with Crippen LogP contribution in [0.2, 0.25) is 0 Å². The Labute approximate surface area is 109 Å². The predicted molar refractivity (Wildman–Crippen MR) is 71.2 cm³/mol. The molecule has 1 aromatic rings. The van der Waals surface area contributed by atoms with Crippen molar-refractivity contribution in [2.75, 3.05) is 6.61 Å². The minimum Gasteiger partial charge on any atom is -0.466 e. The number of hydrogen-bond acceptors (Lipinski definition) is 3. The van der Waals surface area contributed by atoms with Gasteiger partial charge in [0.2, 0.25) is 0 Å². The molecule has 18 heavy (non-hydrogen) atoms. The van der Waals surface area contributed by atoms with Crippen molar-refractivity contribution in [3.8, 4) is 0 Å². The number of aliphatic hydroxyl groups is 1. The van der Waals surface area contributed by atoms with Crippen LogP contribution in [0.4, 0.5) is 0 Å². The third kappa shape index (κ3) is 3.84. The van der Waals surface area contributed by atoms with Crippen LogP contribution in [0.3, 0.4) is 0 Å². The Hall–Kier alpha value is -1.35. The normalized spacial score (nSPS) is 14.0. The zero-order valence-corrected chi connectivity index (χ0v) is 11.4. The van der Waals surface area contributed by atoms with E-state index in [2.05, 4.69) is 0 Å². The van der Waals surface area contributed by atoms with Crippen LogP contribution < -0.4 is 0 Å². The molecule has 1 aromatic carbocycles. The standard InChI is InChI=1S/C15H22O3/c1-4-15(17,11-10-14(16)18-5-2)13-8-6-12(3)7-9-13/h6-9,17H,4-5,10-11H2,1-3H3. The predicted octanol–water partition coefficient (Wildman–Crippen LogP) is 2.94. The smallest absolute Gasteiger partial charge is 0.305 e. The van der Waals surface area contributed by atoms with Gasteiger partial charge in [-0.3, -0.25) is 4.79 Å². The maximum Gasteiger partial charge on any atom is 0.305 e. The van der Waals surface area contributed by atoms with Crippen molar-refractivity contribution in [3.05, 3.63) is 35.4 Å². The van der Waals surface area contributed by atoms with Gasteiger partial charge in [-0.15, -0.1) is 0 Å². The van der Waals surface area contributed by atoms with E-state index in [0.717, 1.165) is 11.1 Å². The number of carbonyl (C=O) groups is 1. The van der Waals surface area contributed by atoms with Crippen LogP contribution in [0, 0.1) is 6.92 Å². The van der Waals surface area contributed by atoms with E-state index in [-0.39, 0.29) is 12.4 Å². The second-order valence-corrected chi connectivity index (χ2v) is 4.56. The van der Waals surface area contributed by atoms with E-state index in [4.69, 9.17) is 4.74 Å². The third-order valence-electron chi connectivity index (χ3n) is 3.22. The van der Waals surface area contributed by atoms with Gasteiger partial charge < -0.3 is 9.84 Å². The molecular weight excluding hydrogens is 228 g/mol. The lowest BCUT2D eigenvalue weighted by Gasteiger charge is -2.27. The van der Waals surface area contributed by atoms with Gasteiger partial charge in [0.15, 0.2) is 0 Å². The number of ether oxygens (including phenoxy) is 1. The molecule has 0 aliphatic heterocycles. The molecule has 1 unspecified atom stereocenters. The van der Waals surface area contributed by atoms with Crippen molar-refractivity contribution < 1.29 is 14.6 Å². The maximum atomic E-state index is 11.4. The summed E-state index contributed by atoms with van der Waals surface area (Å²) in [6.45, 7) is 6.09. The molecule has 1 atom stereocenters. The number of aryl methyl sites for hydroxylation is 1. The van der Waals surface area contributed by atoms with Gasteiger partial charge in [0.25, 0.3) is 0 Å². The maximum absolute atomic E-state index is 11.4. The van der Waals surface area contributed by atoms with E-state index < -0.39 is 5.60 Å². The molecule has 0 aliphatic carbocycles. The summed E-state index contributed by atoms with van der Waals surface area (Å²) >= 11 is 0. The number of esters is 1. The Morgan fingerprint density at radius 2 is 1.89 bits per heavy atom. The molecule has 3 nitrogen and oxygen atoms in total. The number of benzene rings is 1. The highest BCUT2D eigenvalue weighted by atomic mass is 16.5. The molecule has 0 saturated carbocycles. The van der Waals surface area contributed by atoms with Crippen molar-refractivity contribution in [2.24, 2.45) is 0 Å². The summed E-state index contributed by atoms with van der Waals surface area (Å²) in [4.78, 5) is 11.4. The van der Waals surface area contributed by atoms with Crippen LogP contribution in [-0.4, -0.2) is 17.7 Å². The number of rotatable bonds is 6. The lowest BCUT2D eigenvalue weighted by Crippen LogP contribution is -2.26. The van der Waals surface area contributed by atoms with Gasteiger partial charge in [0.05, 0.1) is 12.2 Å². The van der Waals surface area contributed by atoms with Gasteiger partial charge in [-0.2, -0.15) is 0 Å². The molecule has 0 radical (unpaired) electrons. The lowest BCUT2D eigenvalue weighted by molar-refractivity contribution is -0.144. The summed E-state index contributed by atoms with van der Waals surface area (Å²) < 4.78 is 4.89. The minimum atomic E-state index is -0.944. The van der Waals surface area contributed by atoms with Gasteiger partial charge in [0, 0.05) is 6.42 Å². The average molecular weight is 250 g/mol. The average Bonchev–Trinajstić information content (AvgIpc) is 2.37. The molecule has 0 amide bonds. The molecular formula is C15H22O3. The summed E-state index contributed by atoms with van der Waals surface area (Å²) in [5, 5.41) is 10.6. The van der Waals surface area contributed by atoms with Crippen molar-refractivity contribution >= 4 is 5.97 Å². The molecule has 0 fully saturated rings. The highest BCUT2D eigenvalue weighted by molar-refractivity contribution is 5.69. The van der Waals surface area contributed by atoms with Crippen LogP contribution in [0.15, 0.2) is 24.3 Å². The van der Waals surface area contributed by atoms with Crippen LogP contribution >= 0.6 is 0 Å². The van der Waals surface area contributed by atoms with Gasteiger partial charge in [-0.1, -0.05) is 36.8 Å². The monoisotopic (exact) mass is 250 g/mol. The molecule has 0 heterocycles. The van der Waals surface area contributed by atoms with Gasteiger partial charge >= 0.3 is 5.97 Å². The summed E-state index contributed by atoms with van der Waals surface area (Å²) in [5.74, 6) is -0.253. The second-order valence-electron chi connectivity index (χ2n) is 4.56. The largest absolute Gasteiger partial charge is 0.466 e. The fraction of sp³-hybridized carbons (Fsp3) is 0.533. The number of hydrogen-bond donors (Lipinski definition) is 1. The van der Waals surface area contributed by atoms with Crippen LogP contribution in [0.25, 0.3) is 0 Å². The zero-order chi connectivity index (χ0) is 13.6. The Morgan fingerprint density at radius 1 is 1.28 bits per heavy atom. The highest BCUT2D eigenvalue weighted by Crippen LogP contribution is 2.30. The number of carbonyl (C=O) groups excluding carboxylic acids is 1. The van der Waals surface area contributed by atoms with E-state index in [0.29, 0.717) is 19.4 Å². The Kier molecular flexibility index (Phi) is 5.35. The first-order chi connectivity index (χ1) is 8.51. The van der Waals surface area contributed by atoms with E-state index in [1.165, 1.54) is 0 Å². The van der Waals surface area contributed by atoms with Crippen molar-refractivity contribution in [1.29, 1.82) is 0 Å². The third-order valence-corrected chi connectivity index (χ3v) is 3.22. The van der Waals surface area contributed by atoms with Crippen molar-refractivity contribution in [2.45, 2.75) is 45.6 Å². The molecule has 0 bridgehead atoms. The molecule has 0 aromatic heterocycles. The topological polar surface area (TPSA) is 46.5 Å². The fourth-order valence-corrected chi connectivity index (χ4v) is 1.93. The van der Waals surface area contributed by atoms with Crippen molar-refractivity contribution in [1.82, 2.24) is 0 Å². The van der Waals surface area contributed by atoms with E-state index in [9.17, 15) is 9.90 Å². The van der Waals surface area contributed by atoms with Crippen molar-refractivity contribution in [3.63, 3.8) is 0 Å². The summed E-state index contributed by atoms with van der Waals surface area (Å²) in [6.07, 6.45) is 1.22. The summed E-state index contributed by atoms with van der Waals surface area (Å²) in [6, 6.07) is 7.79. The second kappa shape index (κ2) is 6.55. The summed E-state index contributed by atoms with van der Waals surface area (Å²) in [5.41, 5.74) is 1.07. The molecule has 1 N–H and O–H groups in total. The van der Waals surface area contributed by atoms with Crippen LogP contribution in [0.5, 0.6) is 0 Å². The van der Waals surface area contributed by atoms with Gasteiger partial charge in [-0.25, -0.2) is 0 Å². The first-order valence-electron chi connectivity index (χ1n) is 6.47. The lowest BCUT2D eigenvalue weighted by atomic mass is 9.86. The Balaban J connectivity index is 2.73. The molecule has 1 rings (SSSR count). The molecule has 0 spiro atoms. The fourth-order valence-electron chi connectivity index (χ4n) is 1.93. The van der Waals surface area contributed by atoms with E-state index >= 15 is 0 Å². The van der Waals surface area contributed by atoms with Gasteiger partial charge in [-0.05, 0) is 32.3 Å². The van der Waals surface area contributed by atoms with Crippen LogP contribution in [-0.2, 0) is 15.1 Å². The Bertz CT molecular complexity index is 383. The summed E-state index contributed by atoms with van der Waals surface area (Å²) in [7, 11) is 0. The van der Waals surface area contributed by atoms with Crippen LogP contribution in [0.1, 0.15) is 44.2 Å². The van der Waals surface area contributed by atoms with Gasteiger partial charge in [0.1, 0.15) is 0 Å². The molecule has 0 saturated heterocycles. The minimum absolute atomic E-state index is 0.242. The molecule has 3 heteroatoms. The quantitative estimate of drug-likeness (QED) is 0.790. The first-order valence-corrected chi connectivity index (χ1v) is 6.47. The Morgan fingerprint density at radius 3 is 2.39 bits per heavy atom. The highest BCUT2D eigenvalue weighted by Gasteiger charge is 2.27. The molecule has 100 valence electrons. The first kappa shape index (κ1) is 14.7. The van der Waals surface area contributed by atoms with E-state index in [1.54, 1.807) is 6.92 Å². The van der Waals surface area contributed by atoms with E-state index in [1.807, 2.05) is 38.1 Å². The molecule has 0 aliphatic rings.